The van der Waals surface area contributed by atoms with Crippen molar-refractivity contribution in [3.63, 3.8) is 0 Å². The number of benzene rings is 4. The third-order valence-corrected chi connectivity index (χ3v) is 5.35. The lowest BCUT2D eigenvalue weighted by Crippen LogP contribution is -1.96. The lowest BCUT2D eigenvalue weighted by atomic mass is 10.0. The number of ether oxygens (including phenoxy) is 1. The molecule has 0 aliphatic carbocycles. The van der Waals surface area contributed by atoms with Crippen LogP contribution >= 0.6 is 15.9 Å². The van der Waals surface area contributed by atoms with Gasteiger partial charge in [0.05, 0.1) is 16.1 Å². The van der Waals surface area contributed by atoms with Gasteiger partial charge in [-0.2, -0.15) is 5.26 Å². The summed E-state index contributed by atoms with van der Waals surface area (Å²) in [5.74, 6) is 0.369. The fourth-order valence-electron chi connectivity index (χ4n) is 3.22. The van der Waals surface area contributed by atoms with Crippen LogP contribution < -0.4 is 4.74 Å². The van der Waals surface area contributed by atoms with E-state index in [1.165, 1.54) is 12.1 Å². The van der Waals surface area contributed by atoms with Crippen molar-refractivity contribution in [2.24, 2.45) is 0 Å². The second-order valence-corrected chi connectivity index (χ2v) is 7.69. The zero-order valence-electron chi connectivity index (χ0n) is 16.0. The van der Waals surface area contributed by atoms with Gasteiger partial charge in [-0.15, -0.1) is 0 Å². The Morgan fingerprint density at radius 1 is 0.933 bits per heavy atom. The quantitative estimate of drug-likeness (QED) is 0.231. The van der Waals surface area contributed by atoms with Crippen molar-refractivity contribution in [3.8, 4) is 11.8 Å². The molecule has 0 atom stereocenters. The first-order chi connectivity index (χ1) is 14.6. The first-order valence-electron chi connectivity index (χ1n) is 9.40. The van der Waals surface area contributed by atoms with Gasteiger partial charge in [0, 0.05) is 0 Å². The summed E-state index contributed by atoms with van der Waals surface area (Å²) in [6.45, 7) is 0.270. The number of allylic oxidation sites excluding steroid dienone is 1. The van der Waals surface area contributed by atoms with E-state index in [1.807, 2.05) is 66.7 Å². The fourth-order valence-corrected chi connectivity index (χ4v) is 3.73. The zero-order chi connectivity index (χ0) is 20.9. The number of nitriles is 1. The van der Waals surface area contributed by atoms with Crippen LogP contribution in [0.5, 0.6) is 5.75 Å². The molecule has 0 amide bonds. The zero-order valence-corrected chi connectivity index (χ0v) is 17.6. The van der Waals surface area contributed by atoms with Gasteiger partial charge in [0.25, 0.3) is 0 Å². The molecule has 146 valence electrons. The van der Waals surface area contributed by atoms with Crippen molar-refractivity contribution in [3.05, 3.63) is 112 Å². The SMILES string of the molecule is N#C/C(=C/c1ccc(OCc2cccc(F)c2)c(Br)c1)c1ccc2ccccc2c1. The van der Waals surface area contributed by atoms with Crippen molar-refractivity contribution in [1.82, 2.24) is 0 Å². The number of hydrogen-bond acceptors (Lipinski definition) is 2. The molecule has 4 rings (SSSR count). The number of nitrogens with zero attached hydrogens (tertiary/aromatic N) is 1. The maximum Gasteiger partial charge on any atom is 0.134 e. The smallest absolute Gasteiger partial charge is 0.134 e. The van der Waals surface area contributed by atoms with Crippen LogP contribution in [0.25, 0.3) is 22.4 Å². The van der Waals surface area contributed by atoms with Gasteiger partial charge in [-0.3, -0.25) is 0 Å². The summed E-state index contributed by atoms with van der Waals surface area (Å²) >= 11 is 3.52. The molecule has 4 aromatic carbocycles. The Morgan fingerprint density at radius 2 is 1.77 bits per heavy atom. The Kier molecular flexibility index (Phi) is 5.92. The third kappa shape index (κ3) is 4.59. The maximum absolute atomic E-state index is 13.3. The summed E-state index contributed by atoms with van der Waals surface area (Å²) < 4.78 is 19.9. The predicted molar refractivity (Wildman–Crippen MR) is 122 cm³/mol. The molecular weight excluding hydrogens is 441 g/mol. The minimum absolute atomic E-state index is 0.270. The van der Waals surface area contributed by atoms with E-state index in [-0.39, 0.29) is 12.4 Å². The van der Waals surface area contributed by atoms with Gasteiger partial charge >= 0.3 is 0 Å². The van der Waals surface area contributed by atoms with Crippen molar-refractivity contribution in [1.29, 1.82) is 5.26 Å². The Bertz CT molecular complexity index is 1290. The summed E-state index contributed by atoms with van der Waals surface area (Å²) in [6, 6.07) is 28.3. The molecule has 30 heavy (non-hydrogen) atoms. The van der Waals surface area contributed by atoms with E-state index < -0.39 is 0 Å². The van der Waals surface area contributed by atoms with E-state index in [0.717, 1.165) is 31.9 Å². The summed E-state index contributed by atoms with van der Waals surface area (Å²) in [5.41, 5.74) is 3.10. The second kappa shape index (κ2) is 8.94. The molecule has 0 heterocycles. The topological polar surface area (TPSA) is 33.0 Å². The first kappa shape index (κ1) is 19.9. The van der Waals surface area contributed by atoms with E-state index in [4.69, 9.17) is 4.74 Å². The third-order valence-electron chi connectivity index (χ3n) is 4.73. The molecular formula is C26H17BrFNO. The summed E-state index contributed by atoms with van der Waals surface area (Å²) in [7, 11) is 0. The van der Waals surface area contributed by atoms with Crippen LogP contribution in [0.15, 0.2) is 89.4 Å². The maximum atomic E-state index is 13.3. The highest BCUT2D eigenvalue weighted by Crippen LogP contribution is 2.29. The molecule has 0 spiro atoms. The molecule has 0 aliphatic heterocycles. The number of hydrogen-bond donors (Lipinski definition) is 0. The molecule has 0 fully saturated rings. The van der Waals surface area contributed by atoms with Gasteiger partial charge < -0.3 is 4.74 Å². The highest BCUT2D eigenvalue weighted by atomic mass is 79.9. The Morgan fingerprint density at radius 3 is 2.53 bits per heavy atom. The normalized spacial score (nSPS) is 11.3. The molecule has 0 unspecified atom stereocenters. The van der Waals surface area contributed by atoms with Gasteiger partial charge in [-0.1, -0.05) is 54.6 Å². The molecule has 0 radical (unpaired) electrons. The molecule has 4 aromatic rings. The summed E-state index contributed by atoms with van der Waals surface area (Å²) in [4.78, 5) is 0. The van der Waals surface area contributed by atoms with Gasteiger partial charge in [0.2, 0.25) is 0 Å². The van der Waals surface area contributed by atoms with Crippen LogP contribution in [-0.4, -0.2) is 0 Å². The number of rotatable bonds is 5. The first-order valence-corrected chi connectivity index (χ1v) is 10.2. The van der Waals surface area contributed by atoms with E-state index >= 15 is 0 Å². The van der Waals surface area contributed by atoms with Gasteiger partial charge in [0.1, 0.15) is 18.2 Å². The predicted octanol–water partition coefficient (Wildman–Crippen LogP) is 7.38. The van der Waals surface area contributed by atoms with Crippen LogP contribution in [0, 0.1) is 17.1 Å². The Hall–Kier alpha value is -3.42. The average Bonchev–Trinajstić information content (AvgIpc) is 2.76. The fraction of sp³-hybridized carbons (Fsp3) is 0.0385. The molecule has 0 saturated heterocycles. The van der Waals surface area contributed by atoms with E-state index in [2.05, 4.69) is 28.1 Å². The van der Waals surface area contributed by atoms with Crippen molar-refractivity contribution >= 4 is 38.4 Å². The van der Waals surface area contributed by atoms with Crippen molar-refractivity contribution in [2.45, 2.75) is 6.61 Å². The van der Waals surface area contributed by atoms with Gasteiger partial charge in [-0.05, 0) is 79.8 Å². The second-order valence-electron chi connectivity index (χ2n) is 6.84. The van der Waals surface area contributed by atoms with Crippen molar-refractivity contribution in [2.75, 3.05) is 0 Å². The Balaban J connectivity index is 1.56. The highest BCUT2D eigenvalue weighted by Gasteiger charge is 2.06. The number of halogens is 2. The standard InChI is InChI=1S/C26H17BrFNO/c27-25-14-18(8-11-26(25)30-17-19-4-3-7-24(28)13-19)12-23(16-29)22-10-9-20-5-1-2-6-21(20)15-22/h1-15H,17H2/b23-12-. The van der Waals surface area contributed by atoms with Crippen LogP contribution in [-0.2, 0) is 6.61 Å². The molecule has 0 bridgehead atoms. The van der Waals surface area contributed by atoms with E-state index in [9.17, 15) is 9.65 Å². The molecule has 0 aliphatic rings. The summed E-state index contributed by atoms with van der Waals surface area (Å²) in [6.07, 6.45) is 1.85. The van der Waals surface area contributed by atoms with Crippen LogP contribution in [0.2, 0.25) is 0 Å². The minimum atomic E-state index is -0.284. The Labute approximate surface area is 183 Å². The van der Waals surface area contributed by atoms with Crippen LogP contribution in [0.4, 0.5) is 4.39 Å². The molecule has 0 aromatic heterocycles. The average molecular weight is 458 g/mol. The molecule has 2 nitrogen and oxygen atoms in total. The van der Waals surface area contributed by atoms with Crippen molar-refractivity contribution < 1.29 is 9.13 Å². The van der Waals surface area contributed by atoms with Gasteiger partial charge in [0.15, 0.2) is 0 Å². The minimum Gasteiger partial charge on any atom is -0.488 e. The van der Waals surface area contributed by atoms with Crippen LogP contribution in [0.1, 0.15) is 16.7 Å². The number of fused-ring (bicyclic) bond motifs is 1. The largest absolute Gasteiger partial charge is 0.488 e. The highest BCUT2D eigenvalue weighted by molar-refractivity contribution is 9.10. The lowest BCUT2D eigenvalue weighted by molar-refractivity contribution is 0.303. The van der Waals surface area contributed by atoms with E-state index in [0.29, 0.717) is 11.3 Å². The van der Waals surface area contributed by atoms with Gasteiger partial charge in [-0.25, -0.2) is 4.39 Å². The molecule has 0 saturated carbocycles. The summed E-state index contributed by atoms with van der Waals surface area (Å²) in [5, 5.41) is 11.9. The van der Waals surface area contributed by atoms with Crippen LogP contribution in [0.3, 0.4) is 0 Å². The monoisotopic (exact) mass is 457 g/mol. The van der Waals surface area contributed by atoms with E-state index in [1.54, 1.807) is 6.07 Å². The lowest BCUT2D eigenvalue weighted by Gasteiger charge is -2.09. The molecule has 0 N–H and O–H groups in total. The molecule has 4 heteroatoms.